The first-order valence-electron chi connectivity index (χ1n) is 10.7. The zero-order valence-electron chi connectivity index (χ0n) is 19.0. The highest BCUT2D eigenvalue weighted by atomic mass is 35.5. The van der Waals surface area contributed by atoms with Crippen molar-refractivity contribution in [3.63, 3.8) is 0 Å². The van der Waals surface area contributed by atoms with Gasteiger partial charge in [0.05, 0.1) is 5.84 Å². The van der Waals surface area contributed by atoms with E-state index in [9.17, 15) is 0 Å². The number of benzene rings is 3. The zero-order chi connectivity index (χ0) is 21.8. The number of nitrogens with two attached hydrogens (primary N) is 1. The lowest BCUT2D eigenvalue weighted by atomic mass is 10.0. The van der Waals surface area contributed by atoms with Crippen molar-refractivity contribution < 1.29 is 4.74 Å². The van der Waals surface area contributed by atoms with E-state index in [0.717, 1.165) is 53.7 Å². The zero-order valence-corrected chi connectivity index (χ0v) is 21.5. The van der Waals surface area contributed by atoms with Crippen LogP contribution in [0.5, 0.6) is 5.75 Å². The number of nitrogens with zero attached hydrogens (tertiary/aromatic N) is 1. The van der Waals surface area contributed by atoms with Crippen molar-refractivity contribution in [1.29, 1.82) is 10.8 Å². The average molecular weight is 525 g/mol. The highest BCUT2D eigenvalue weighted by molar-refractivity contribution is 5.99. The number of nitrogens with one attached hydrogen (secondary N) is 3. The molecule has 0 spiro atoms. The van der Waals surface area contributed by atoms with E-state index in [0.29, 0.717) is 12.4 Å². The second-order valence-corrected chi connectivity index (χ2v) is 8.08. The van der Waals surface area contributed by atoms with Gasteiger partial charge in [-0.25, -0.2) is 0 Å². The van der Waals surface area contributed by atoms with E-state index in [1.165, 1.54) is 5.56 Å². The maximum atomic E-state index is 7.73. The van der Waals surface area contributed by atoms with E-state index < -0.39 is 0 Å². The molecule has 9 heteroatoms. The Balaban J connectivity index is 0.00000193. The standard InChI is InChI=1S/C25H29N5O.3ClH/c1-17(26)30-12-10-24(11-13-30)31-23-8-6-22(7-9-23)29-16-18-2-3-19-4-5-20(25(27)28)15-21(19)14-18;;;/h2-9,14-15,24,26,29H,10-13,16H2,1H3,(H3,27,28);3*1H. The number of hydrogen-bond acceptors (Lipinski definition) is 4. The normalized spacial score (nSPS) is 13.1. The Morgan fingerprint density at radius 1 is 0.941 bits per heavy atom. The van der Waals surface area contributed by atoms with Crippen LogP contribution in [-0.2, 0) is 6.54 Å². The van der Waals surface area contributed by atoms with Crippen LogP contribution in [0.15, 0.2) is 60.7 Å². The van der Waals surface area contributed by atoms with E-state index in [1.807, 2.05) is 49.4 Å². The Hall–Kier alpha value is -2.67. The Morgan fingerprint density at radius 2 is 1.59 bits per heavy atom. The summed E-state index contributed by atoms with van der Waals surface area (Å²) in [6.45, 7) is 4.33. The summed E-state index contributed by atoms with van der Waals surface area (Å²) in [5, 5.41) is 21.0. The molecular formula is C25H32Cl3N5O. The van der Waals surface area contributed by atoms with Gasteiger partial charge in [0.1, 0.15) is 17.7 Å². The lowest BCUT2D eigenvalue weighted by Gasteiger charge is -2.32. The largest absolute Gasteiger partial charge is 0.490 e. The van der Waals surface area contributed by atoms with Crippen molar-refractivity contribution in [3.05, 3.63) is 71.8 Å². The number of rotatable bonds is 6. The van der Waals surface area contributed by atoms with Gasteiger partial charge < -0.3 is 20.7 Å². The molecule has 1 fully saturated rings. The quantitative estimate of drug-likeness (QED) is 0.240. The molecule has 1 aliphatic heterocycles. The average Bonchev–Trinajstić information content (AvgIpc) is 2.78. The summed E-state index contributed by atoms with van der Waals surface area (Å²) in [6, 6.07) is 20.3. The van der Waals surface area contributed by atoms with Crippen molar-refractivity contribution in [3.8, 4) is 5.75 Å². The van der Waals surface area contributed by atoms with Crippen molar-refractivity contribution >= 4 is 65.4 Å². The Kier molecular flexibility index (Phi) is 11.5. The number of fused-ring (bicyclic) bond motifs is 1. The number of amidine groups is 2. The molecule has 184 valence electrons. The molecule has 1 aliphatic rings. The molecule has 0 amide bonds. The molecule has 1 heterocycles. The minimum Gasteiger partial charge on any atom is -0.490 e. The van der Waals surface area contributed by atoms with Gasteiger partial charge in [-0.2, -0.15) is 0 Å². The second kappa shape index (κ2) is 13.3. The number of halogens is 3. The lowest BCUT2D eigenvalue weighted by molar-refractivity contribution is 0.130. The predicted molar refractivity (Wildman–Crippen MR) is 149 cm³/mol. The van der Waals surface area contributed by atoms with Crippen LogP contribution < -0.4 is 15.8 Å². The van der Waals surface area contributed by atoms with Crippen molar-refractivity contribution in [1.82, 2.24) is 4.90 Å². The van der Waals surface area contributed by atoms with Gasteiger partial charge in [0.25, 0.3) is 0 Å². The summed E-state index contributed by atoms with van der Waals surface area (Å²) < 4.78 is 6.13. The van der Waals surface area contributed by atoms with E-state index >= 15 is 0 Å². The molecule has 0 radical (unpaired) electrons. The number of anilines is 1. The Morgan fingerprint density at radius 3 is 2.21 bits per heavy atom. The Bertz CT molecular complexity index is 1100. The number of likely N-dealkylation sites (tertiary alicyclic amines) is 1. The molecule has 0 bridgehead atoms. The molecule has 0 aromatic heterocycles. The molecule has 4 rings (SSSR count). The van der Waals surface area contributed by atoms with Gasteiger partial charge in [0, 0.05) is 43.7 Å². The topological polar surface area (TPSA) is 98.2 Å². The van der Waals surface area contributed by atoms with Gasteiger partial charge in [-0.15, -0.1) is 37.2 Å². The molecule has 0 atom stereocenters. The third kappa shape index (κ3) is 7.42. The fraction of sp³-hybridized carbons (Fsp3) is 0.280. The first-order chi connectivity index (χ1) is 15.0. The van der Waals surface area contributed by atoms with Crippen LogP contribution in [0.25, 0.3) is 10.8 Å². The summed E-state index contributed by atoms with van der Waals surface area (Å²) in [4.78, 5) is 2.10. The van der Waals surface area contributed by atoms with Gasteiger partial charge in [0.15, 0.2) is 0 Å². The second-order valence-electron chi connectivity index (χ2n) is 8.08. The molecule has 1 saturated heterocycles. The Labute approximate surface area is 219 Å². The smallest absolute Gasteiger partial charge is 0.122 e. The van der Waals surface area contributed by atoms with Gasteiger partial charge >= 0.3 is 0 Å². The molecule has 0 aliphatic carbocycles. The van der Waals surface area contributed by atoms with Crippen LogP contribution in [0.4, 0.5) is 5.69 Å². The molecule has 5 N–H and O–H groups in total. The van der Waals surface area contributed by atoms with E-state index in [1.54, 1.807) is 0 Å². The number of piperidine rings is 1. The van der Waals surface area contributed by atoms with Crippen LogP contribution in [0.2, 0.25) is 0 Å². The minimum atomic E-state index is 0. The van der Waals surface area contributed by atoms with Crippen LogP contribution in [0.3, 0.4) is 0 Å². The molecule has 0 unspecified atom stereocenters. The third-order valence-electron chi connectivity index (χ3n) is 5.79. The van der Waals surface area contributed by atoms with Crippen LogP contribution in [0, 0.1) is 10.8 Å². The lowest BCUT2D eigenvalue weighted by Crippen LogP contribution is -2.40. The molecule has 3 aromatic carbocycles. The summed E-state index contributed by atoms with van der Waals surface area (Å²) in [7, 11) is 0. The predicted octanol–water partition coefficient (Wildman–Crippen LogP) is 5.84. The molecule has 34 heavy (non-hydrogen) atoms. The van der Waals surface area contributed by atoms with E-state index in [-0.39, 0.29) is 49.2 Å². The van der Waals surface area contributed by atoms with Crippen LogP contribution in [-0.4, -0.2) is 35.8 Å². The first-order valence-corrected chi connectivity index (χ1v) is 10.7. The van der Waals surface area contributed by atoms with Gasteiger partial charge in [-0.1, -0.05) is 24.3 Å². The maximum absolute atomic E-state index is 7.73. The highest BCUT2D eigenvalue weighted by Gasteiger charge is 2.20. The van der Waals surface area contributed by atoms with Gasteiger partial charge in [-0.3, -0.25) is 10.8 Å². The summed E-state index contributed by atoms with van der Waals surface area (Å²) in [6.07, 6.45) is 2.11. The summed E-state index contributed by atoms with van der Waals surface area (Å²) in [5.41, 5.74) is 8.57. The number of hydrogen-bond donors (Lipinski definition) is 4. The highest BCUT2D eigenvalue weighted by Crippen LogP contribution is 2.23. The van der Waals surface area contributed by atoms with Crippen molar-refractivity contribution in [2.75, 3.05) is 18.4 Å². The molecular weight excluding hydrogens is 493 g/mol. The molecule has 0 saturated carbocycles. The maximum Gasteiger partial charge on any atom is 0.122 e. The van der Waals surface area contributed by atoms with E-state index in [2.05, 4.69) is 28.4 Å². The SMILES string of the molecule is CC(=N)N1CCC(Oc2ccc(NCc3ccc4ccc(C(=N)N)cc4c3)cc2)CC1.Cl.Cl.Cl. The summed E-state index contributed by atoms with van der Waals surface area (Å²) >= 11 is 0. The van der Waals surface area contributed by atoms with Crippen molar-refractivity contribution in [2.45, 2.75) is 32.4 Å². The van der Waals surface area contributed by atoms with Crippen molar-refractivity contribution in [2.24, 2.45) is 5.73 Å². The van der Waals surface area contributed by atoms with Crippen LogP contribution in [0.1, 0.15) is 30.9 Å². The van der Waals surface area contributed by atoms with E-state index in [4.69, 9.17) is 21.3 Å². The van der Waals surface area contributed by atoms with Crippen LogP contribution >= 0.6 is 37.2 Å². The molecule has 3 aromatic rings. The number of ether oxygens (including phenoxy) is 1. The number of nitrogen functional groups attached to an aromatic ring is 1. The fourth-order valence-corrected chi connectivity index (χ4v) is 3.93. The van der Waals surface area contributed by atoms with Gasteiger partial charge in [0.2, 0.25) is 0 Å². The van der Waals surface area contributed by atoms with Gasteiger partial charge in [-0.05, 0) is 59.7 Å². The first kappa shape index (κ1) is 29.4. The third-order valence-corrected chi connectivity index (χ3v) is 5.79. The molecule has 6 nitrogen and oxygen atoms in total. The minimum absolute atomic E-state index is 0. The fourth-order valence-electron chi connectivity index (χ4n) is 3.93. The monoisotopic (exact) mass is 523 g/mol. The summed E-state index contributed by atoms with van der Waals surface area (Å²) in [5.74, 6) is 1.61.